The third kappa shape index (κ3) is 4.36. The normalized spacial score (nSPS) is 11.0. The van der Waals surface area contributed by atoms with Crippen molar-refractivity contribution in [1.29, 1.82) is 0 Å². The minimum atomic E-state index is -0.156. The van der Waals surface area contributed by atoms with Gasteiger partial charge in [-0.25, -0.2) is 4.98 Å². The quantitative estimate of drug-likeness (QED) is 0.425. The Balaban J connectivity index is 1.37. The summed E-state index contributed by atoms with van der Waals surface area (Å²) in [6.07, 6.45) is 1.62. The molecule has 0 fully saturated rings. The number of anilines is 1. The third-order valence-electron chi connectivity index (χ3n) is 4.16. The van der Waals surface area contributed by atoms with E-state index >= 15 is 0 Å². The molecule has 0 aliphatic heterocycles. The number of thiazole rings is 1. The average Bonchev–Trinajstić information content (AvgIpc) is 3.42. The minimum absolute atomic E-state index is 0.156. The van der Waals surface area contributed by atoms with E-state index in [1.807, 2.05) is 54.3 Å². The molecular weight excluding hydrogens is 430 g/mol. The Morgan fingerprint density at radius 1 is 1.28 bits per heavy atom. The highest BCUT2D eigenvalue weighted by molar-refractivity contribution is 7.99. The zero-order valence-corrected chi connectivity index (χ0v) is 17.9. The molecule has 0 aliphatic rings. The van der Waals surface area contributed by atoms with E-state index in [9.17, 15) is 4.79 Å². The van der Waals surface area contributed by atoms with Crippen molar-refractivity contribution in [3.8, 4) is 22.6 Å². The number of rotatable bonds is 6. The lowest BCUT2D eigenvalue weighted by molar-refractivity contribution is -0.113. The van der Waals surface area contributed by atoms with Crippen LogP contribution in [0.5, 0.6) is 0 Å². The molecule has 0 bridgehead atoms. The molecule has 0 atom stereocenters. The molecular formula is C19H16ClN5O2S2. The van der Waals surface area contributed by atoms with Gasteiger partial charge in [0.15, 0.2) is 16.1 Å². The van der Waals surface area contributed by atoms with Crippen LogP contribution < -0.4 is 5.32 Å². The van der Waals surface area contributed by atoms with E-state index in [1.165, 1.54) is 23.1 Å². The van der Waals surface area contributed by atoms with Crippen molar-refractivity contribution < 1.29 is 9.21 Å². The van der Waals surface area contributed by atoms with Crippen LogP contribution in [0.15, 0.2) is 51.5 Å². The maximum atomic E-state index is 12.3. The molecule has 1 amide bonds. The molecule has 1 aromatic carbocycles. The number of nitrogens with zero attached hydrogens (tertiary/aromatic N) is 4. The second-order valence-corrected chi connectivity index (χ2v) is 8.37. The van der Waals surface area contributed by atoms with Crippen molar-refractivity contribution in [3.05, 3.63) is 52.8 Å². The van der Waals surface area contributed by atoms with E-state index in [0.717, 1.165) is 22.6 Å². The van der Waals surface area contributed by atoms with E-state index in [-0.39, 0.29) is 11.7 Å². The van der Waals surface area contributed by atoms with Gasteiger partial charge in [0.25, 0.3) is 0 Å². The summed E-state index contributed by atoms with van der Waals surface area (Å²) in [5.74, 6) is 1.52. The van der Waals surface area contributed by atoms with E-state index in [0.29, 0.717) is 21.1 Å². The Kier molecular flexibility index (Phi) is 5.70. The lowest BCUT2D eigenvalue weighted by Crippen LogP contribution is -2.14. The van der Waals surface area contributed by atoms with Crippen LogP contribution in [0.25, 0.3) is 22.6 Å². The van der Waals surface area contributed by atoms with E-state index < -0.39 is 0 Å². The number of nitrogens with one attached hydrogen (secondary N) is 1. The standard InChI is InChI=1S/C19H16ClN5O2S2/c1-11-14(7-8-27-11)17-23-24-19(25(17)2)29-10-16(26)22-18-21-15(9-28-18)12-3-5-13(20)6-4-12/h3-9H,10H2,1-2H3,(H,21,22,26). The highest BCUT2D eigenvalue weighted by Crippen LogP contribution is 2.27. The Morgan fingerprint density at radius 3 is 2.79 bits per heavy atom. The van der Waals surface area contributed by atoms with Crippen LogP contribution in [0.3, 0.4) is 0 Å². The summed E-state index contributed by atoms with van der Waals surface area (Å²) in [5.41, 5.74) is 2.62. The van der Waals surface area contributed by atoms with Gasteiger partial charge in [0.1, 0.15) is 5.76 Å². The van der Waals surface area contributed by atoms with Crippen molar-refractivity contribution in [1.82, 2.24) is 19.7 Å². The number of furan rings is 1. The van der Waals surface area contributed by atoms with Crippen molar-refractivity contribution >= 4 is 45.7 Å². The Bertz CT molecular complexity index is 1150. The van der Waals surface area contributed by atoms with Gasteiger partial charge in [-0.15, -0.1) is 21.5 Å². The summed E-state index contributed by atoms with van der Waals surface area (Å²) in [5, 5.41) is 15.0. The van der Waals surface area contributed by atoms with Gasteiger partial charge in [0, 0.05) is 23.0 Å². The third-order valence-corrected chi connectivity index (χ3v) is 6.19. The zero-order valence-electron chi connectivity index (χ0n) is 15.5. The van der Waals surface area contributed by atoms with Gasteiger partial charge < -0.3 is 14.3 Å². The molecule has 0 saturated heterocycles. The number of amides is 1. The fraction of sp³-hybridized carbons (Fsp3) is 0.158. The molecule has 148 valence electrons. The lowest BCUT2D eigenvalue weighted by Gasteiger charge is -2.03. The molecule has 4 aromatic rings. The molecule has 0 aliphatic carbocycles. The summed E-state index contributed by atoms with van der Waals surface area (Å²) < 4.78 is 7.17. The van der Waals surface area contributed by atoms with Gasteiger partial charge in [-0.2, -0.15) is 0 Å². The second-order valence-electron chi connectivity index (χ2n) is 6.14. The van der Waals surface area contributed by atoms with Crippen LogP contribution >= 0.6 is 34.7 Å². The highest BCUT2D eigenvalue weighted by Gasteiger charge is 2.16. The molecule has 3 heterocycles. The van der Waals surface area contributed by atoms with Gasteiger partial charge in [-0.1, -0.05) is 35.5 Å². The topological polar surface area (TPSA) is 85.8 Å². The Labute approximate surface area is 180 Å². The van der Waals surface area contributed by atoms with E-state index in [4.69, 9.17) is 16.0 Å². The van der Waals surface area contributed by atoms with Gasteiger partial charge >= 0.3 is 0 Å². The molecule has 0 saturated carbocycles. The van der Waals surface area contributed by atoms with E-state index in [1.54, 1.807) is 6.26 Å². The number of aromatic nitrogens is 4. The van der Waals surface area contributed by atoms with Crippen molar-refractivity contribution in [3.63, 3.8) is 0 Å². The maximum absolute atomic E-state index is 12.3. The Morgan fingerprint density at radius 2 is 2.07 bits per heavy atom. The van der Waals surface area contributed by atoms with Gasteiger partial charge in [0.05, 0.1) is 23.3 Å². The summed E-state index contributed by atoms with van der Waals surface area (Å²) >= 11 is 8.60. The number of hydrogen-bond donors (Lipinski definition) is 1. The number of benzene rings is 1. The maximum Gasteiger partial charge on any atom is 0.236 e. The monoisotopic (exact) mass is 445 g/mol. The molecule has 1 N–H and O–H groups in total. The second kappa shape index (κ2) is 8.40. The first kappa shape index (κ1) is 19.7. The van der Waals surface area contributed by atoms with Crippen LogP contribution in [-0.2, 0) is 11.8 Å². The summed E-state index contributed by atoms with van der Waals surface area (Å²) in [7, 11) is 1.86. The number of carbonyl (C=O) groups is 1. The largest absolute Gasteiger partial charge is 0.469 e. The predicted molar refractivity (Wildman–Crippen MR) is 115 cm³/mol. The molecule has 0 spiro atoms. The Hall–Kier alpha value is -2.62. The van der Waals surface area contributed by atoms with Crippen LogP contribution in [-0.4, -0.2) is 31.4 Å². The van der Waals surface area contributed by atoms with Crippen LogP contribution in [0, 0.1) is 6.92 Å². The molecule has 3 aromatic heterocycles. The zero-order chi connectivity index (χ0) is 20.4. The van der Waals surface area contributed by atoms with Crippen molar-refractivity contribution in [2.45, 2.75) is 12.1 Å². The molecule has 0 unspecified atom stereocenters. The summed E-state index contributed by atoms with van der Waals surface area (Å²) in [6, 6.07) is 9.26. The molecule has 4 rings (SSSR count). The number of aryl methyl sites for hydroxylation is 1. The SMILES string of the molecule is Cc1occc1-c1nnc(SCC(=O)Nc2nc(-c3ccc(Cl)cc3)cs2)n1C. The molecule has 7 nitrogen and oxygen atoms in total. The molecule has 0 radical (unpaired) electrons. The number of hydrogen-bond acceptors (Lipinski definition) is 7. The van der Waals surface area contributed by atoms with Crippen molar-refractivity contribution in [2.24, 2.45) is 7.05 Å². The first-order chi connectivity index (χ1) is 14.0. The summed E-state index contributed by atoms with van der Waals surface area (Å²) in [4.78, 5) is 16.8. The highest BCUT2D eigenvalue weighted by atomic mass is 35.5. The van der Waals surface area contributed by atoms with Crippen LogP contribution in [0.4, 0.5) is 5.13 Å². The van der Waals surface area contributed by atoms with Gasteiger partial charge in [-0.05, 0) is 25.1 Å². The van der Waals surface area contributed by atoms with Crippen LogP contribution in [0.2, 0.25) is 5.02 Å². The number of halogens is 1. The molecule has 29 heavy (non-hydrogen) atoms. The molecule has 10 heteroatoms. The number of carbonyl (C=O) groups excluding carboxylic acids is 1. The first-order valence-corrected chi connectivity index (χ1v) is 10.8. The lowest BCUT2D eigenvalue weighted by atomic mass is 10.2. The summed E-state index contributed by atoms with van der Waals surface area (Å²) in [6.45, 7) is 1.87. The van der Waals surface area contributed by atoms with Gasteiger partial charge in [0.2, 0.25) is 5.91 Å². The number of thioether (sulfide) groups is 1. The fourth-order valence-electron chi connectivity index (χ4n) is 2.66. The van der Waals surface area contributed by atoms with Gasteiger partial charge in [-0.3, -0.25) is 4.79 Å². The van der Waals surface area contributed by atoms with Crippen LogP contribution in [0.1, 0.15) is 5.76 Å². The predicted octanol–water partition coefficient (Wildman–Crippen LogP) is 4.89. The average molecular weight is 446 g/mol. The fourth-order valence-corrected chi connectivity index (χ4v) is 4.23. The smallest absolute Gasteiger partial charge is 0.236 e. The van der Waals surface area contributed by atoms with E-state index in [2.05, 4.69) is 20.5 Å². The minimum Gasteiger partial charge on any atom is -0.469 e. The first-order valence-electron chi connectivity index (χ1n) is 8.59. The van der Waals surface area contributed by atoms with Crippen molar-refractivity contribution in [2.75, 3.05) is 11.1 Å².